The number of pyridine rings is 1. The van der Waals surface area contributed by atoms with E-state index in [0.29, 0.717) is 43.4 Å². The topological polar surface area (TPSA) is 56.8 Å². The molecule has 1 aromatic heterocycles. The summed E-state index contributed by atoms with van der Waals surface area (Å²) in [5.74, 6) is 0.0270. The Balaban J connectivity index is 1.90. The van der Waals surface area contributed by atoms with Gasteiger partial charge in [0.05, 0.1) is 12.1 Å². The third kappa shape index (κ3) is 4.15. The first-order chi connectivity index (χ1) is 9.97. The smallest absolute Gasteiger partial charge is 0.255 e. The fraction of sp³-hybridized carbons (Fsp3) is 0.500. The van der Waals surface area contributed by atoms with E-state index in [1.54, 1.807) is 21.9 Å². The Morgan fingerprint density at radius 2 is 1.81 bits per heavy atom. The summed E-state index contributed by atoms with van der Waals surface area (Å²) < 4.78 is 0. The van der Waals surface area contributed by atoms with Crippen LogP contribution in [0.3, 0.4) is 0 Å². The fourth-order valence-corrected chi connectivity index (χ4v) is 2.33. The summed E-state index contributed by atoms with van der Waals surface area (Å²) in [6, 6.07) is 3.27. The largest absolute Gasteiger partial charge is 0.338 e. The number of likely N-dealkylation sites (N-methyl/N-ethyl adjacent to an activating group) is 1. The quantitative estimate of drug-likeness (QED) is 0.767. The molecule has 21 heavy (non-hydrogen) atoms. The van der Waals surface area contributed by atoms with Crippen LogP contribution < -0.4 is 0 Å². The van der Waals surface area contributed by atoms with Gasteiger partial charge in [-0.1, -0.05) is 11.6 Å². The summed E-state index contributed by atoms with van der Waals surface area (Å²) in [4.78, 5) is 33.5. The fourth-order valence-electron chi connectivity index (χ4n) is 2.21. The van der Waals surface area contributed by atoms with Crippen molar-refractivity contribution < 1.29 is 9.59 Å². The third-order valence-electron chi connectivity index (χ3n) is 3.35. The minimum atomic E-state index is -0.0705. The SMILES string of the molecule is CN(C)CC(=O)N1CCN(C(=O)c2ccc(Cl)nc2)CC1. The second-order valence-electron chi connectivity index (χ2n) is 5.28. The Morgan fingerprint density at radius 1 is 1.19 bits per heavy atom. The maximum absolute atomic E-state index is 12.3. The van der Waals surface area contributed by atoms with Crippen molar-refractivity contribution in [3.8, 4) is 0 Å². The predicted octanol–water partition coefficient (Wildman–Crippen LogP) is 0.581. The lowest BCUT2D eigenvalue weighted by Crippen LogP contribution is -2.52. The van der Waals surface area contributed by atoms with Crippen molar-refractivity contribution in [1.82, 2.24) is 19.7 Å². The van der Waals surface area contributed by atoms with E-state index in [2.05, 4.69) is 4.98 Å². The Hall–Kier alpha value is -1.66. The van der Waals surface area contributed by atoms with Gasteiger partial charge >= 0.3 is 0 Å². The number of halogens is 1. The van der Waals surface area contributed by atoms with Crippen LogP contribution in [0.15, 0.2) is 18.3 Å². The molecule has 7 heteroatoms. The molecule has 114 valence electrons. The van der Waals surface area contributed by atoms with Crippen LogP contribution >= 0.6 is 11.6 Å². The number of nitrogens with zero attached hydrogens (tertiary/aromatic N) is 4. The van der Waals surface area contributed by atoms with Crippen molar-refractivity contribution in [3.05, 3.63) is 29.0 Å². The lowest BCUT2D eigenvalue weighted by atomic mass is 10.2. The van der Waals surface area contributed by atoms with Gasteiger partial charge in [-0.15, -0.1) is 0 Å². The first-order valence-electron chi connectivity index (χ1n) is 6.80. The van der Waals surface area contributed by atoms with Crippen molar-refractivity contribution >= 4 is 23.4 Å². The highest BCUT2D eigenvalue weighted by Gasteiger charge is 2.24. The molecule has 0 aliphatic carbocycles. The molecule has 6 nitrogen and oxygen atoms in total. The monoisotopic (exact) mass is 310 g/mol. The molecule has 2 amide bonds. The molecule has 0 spiro atoms. The highest BCUT2D eigenvalue weighted by Crippen LogP contribution is 2.11. The number of hydrogen-bond donors (Lipinski definition) is 0. The summed E-state index contributed by atoms with van der Waals surface area (Å²) in [6.45, 7) is 2.62. The van der Waals surface area contributed by atoms with Crippen LogP contribution in [0.4, 0.5) is 0 Å². The molecular weight excluding hydrogens is 292 g/mol. The van der Waals surface area contributed by atoms with Crippen LogP contribution in [0.1, 0.15) is 10.4 Å². The number of carbonyl (C=O) groups is 2. The lowest BCUT2D eigenvalue weighted by molar-refractivity contribution is -0.133. The van der Waals surface area contributed by atoms with Crippen molar-refractivity contribution in [2.24, 2.45) is 0 Å². The van der Waals surface area contributed by atoms with Gasteiger partial charge in [-0.2, -0.15) is 0 Å². The number of piperazine rings is 1. The second-order valence-corrected chi connectivity index (χ2v) is 5.67. The average molecular weight is 311 g/mol. The van der Waals surface area contributed by atoms with Gasteiger partial charge in [0.2, 0.25) is 5.91 Å². The molecule has 1 aliphatic heterocycles. The van der Waals surface area contributed by atoms with E-state index in [-0.39, 0.29) is 11.8 Å². The molecule has 2 rings (SSSR count). The molecule has 1 aliphatic rings. The van der Waals surface area contributed by atoms with Crippen molar-refractivity contribution in [1.29, 1.82) is 0 Å². The second kappa shape index (κ2) is 6.87. The number of amides is 2. The first-order valence-corrected chi connectivity index (χ1v) is 7.18. The van der Waals surface area contributed by atoms with E-state index in [4.69, 9.17) is 11.6 Å². The summed E-state index contributed by atoms with van der Waals surface area (Å²) in [5.41, 5.74) is 0.521. The van der Waals surface area contributed by atoms with Gasteiger partial charge in [0.15, 0.2) is 0 Å². The Bertz CT molecular complexity index is 510. The Kier molecular flexibility index (Phi) is 5.14. The number of hydrogen-bond acceptors (Lipinski definition) is 4. The van der Waals surface area contributed by atoms with Crippen LogP contribution in [-0.4, -0.2) is 78.3 Å². The first kappa shape index (κ1) is 15.7. The normalized spacial score (nSPS) is 15.4. The van der Waals surface area contributed by atoms with E-state index in [0.717, 1.165) is 0 Å². The van der Waals surface area contributed by atoms with Crippen LogP contribution in [0.2, 0.25) is 5.15 Å². The molecule has 1 saturated heterocycles. The minimum absolute atomic E-state index is 0.0705. The van der Waals surface area contributed by atoms with Crippen LogP contribution in [0, 0.1) is 0 Å². The standard InChI is InChI=1S/C14H19ClN4O2/c1-17(2)10-13(20)18-5-7-19(8-6-18)14(21)11-3-4-12(15)16-9-11/h3-4,9H,5-8,10H2,1-2H3. The van der Waals surface area contributed by atoms with E-state index in [1.807, 2.05) is 19.0 Å². The molecule has 0 aromatic carbocycles. The summed E-state index contributed by atoms with van der Waals surface area (Å²) >= 11 is 5.71. The molecule has 0 unspecified atom stereocenters. The molecule has 2 heterocycles. The molecule has 1 fully saturated rings. The van der Waals surface area contributed by atoms with Crippen molar-refractivity contribution in [2.75, 3.05) is 46.8 Å². The maximum Gasteiger partial charge on any atom is 0.255 e. The van der Waals surface area contributed by atoms with Gasteiger partial charge in [-0.25, -0.2) is 4.98 Å². The van der Waals surface area contributed by atoms with Gasteiger partial charge in [0.1, 0.15) is 5.15 Å². The van der Waals surface area contributed by atoms with Gasteiger partial charge < -0.3 is 14.7 Å². The Labute approximate surface area is 129 Å². The molecule has 0 bridgehead atoms. The van der Waals surface area contributed by atoms with E-state index < -0.39 is 0 Å². The highest BCUT2D eigenvalue weighted by molar-refractivity contribution is 6.29. The van der Waals surface area contributed by atoms with Gasteiger partial charge in [0.25, 0.3) is 5.91 Å². The highest BCUT2D eigenvalue weighted by atomic mass is 35.5. The molecule has 1 aromatic rings. The Morgan fingerprint density at radius 3 is 2.33 bits per heavy atom. The zero-order valence-corrected chi connectivity index (χ0v) is 13.0. The predicted molar refractivity (Wildman–Crippen MR) is 80.3 cm³/mol. The van der Waals surface area contributed by atoms with E-state index in [1.165, 1.54) is 6.20 Å². The number of rotatable bonds is 3. The van der Waals surface area contributed by atoms with Crippen molar-refractivity contribution in [3.63, 3.8) is 0 Å². The average Bonchev–Trinajstić information content (AvgIpc) is 2.47. The number of aromatic nitrogens is 1. The summed E-state index contributed by atoms with van der Waals surface area (Å²) in [7, 11) is 3.73. The maximum atomic E-state index is 12.3. The number of carbonyl (C=O) groups excluding carboxylic acids is 2. The lowest BCUT2D eigenvalue weighted by Gasteiger charge is -2.35. The third-order valence-corrected chi connectivity index (χ3v) is 3.57. The molecule has 0 atom stereocenters. The van der Waals surface area contributed by atoms with E-state index in [9.17, 15) is 9.59 Å². The summed E-state index contributed by atoms with van der Waals surface area (Å²) in [6.07, 6.45) is 1.48. The van der Waals surface area contributed by atoms with Gasteiger partial charge in [-0.3, -0.25) is 9.59 Å². The summed E-state index contributed by atoms with van der Waals surface area (Å²) in [5, 5.41) is 0.366. The van der Waals surface area contributed by atoms with Crippen LogP contribution in [0.25, 0.3) is 0 Å². The zero-order chi connectivity index (χ0) is 15.4. The van der Waals surface area contributed by atoms with Crippen molar-refractivity contribution in [2.45, 2.75) is 0 Å². The zero-order valence-electron chi connectivity index (χ0n) is 12.3. The minimum Gasteiger partial charge on any atom is -0.338 e. The molecular formula is C14H19ClN4O2. The molecule has 0 radical (unpaired) electrons. The van der Waals surface area contributed by atoms with Gasteiger partial charge in [0, 0.05) is 32.4 Å². The van der Waals surface area contributed by atoms with Crippen LogP contribution in [0.5, 0.6) is 0 Å². The molecule has 0 N–H and O–H groups in total. The van der Waals surface area contributed by atoms with E-state index >= 15 is 0 Å². The van der Waals surface area contributed by atoms with Crippen LogP contribution in [-0.2, 0) is 4.79 Å². The molecule has 0 saturated carbocycles. The van der Waals surface area contributed by atoms with Gasteiger partial charge in [-0.05, 0) is 26.2 Å².